The molecule has 0 radical (unpaired) electrons. The zero-order valence-corrected chi connectivity index (χ0v) is 14.1. The Morgan fingerprint density at radius 1 is 1.15 bits per heavy atom. The summed E-state index contributed by atoms with van der Waals surface area (Å²) in [5, 5.41) is 27.5. The van der Waals surface area contributed by atoms with Crippen molar-refractivity contribution < 1.29 is 9.47 Å². The average Bonchev–Trinajstić information content (AvgIpc) is 2.65. The highest BCUT2D eigenvalue weighted by molar-refractivity contribution is 5.87. The van der Waals surface area contributed by atoms with E-state index in [1.807, 2.05) is 18.2 Å². The fourth-order valence-electron chi connectivity index (χ4n) is 2.23. The summed E-state index contributed by atoms with van der Waals surface area (Å²) in [6.45, 7) is 0. The summed E-state index contributed by atoms with van der Waals surface area (Å²) >= 11 is 0. The molecule has 0 spiro atoms. The summed E-state index contributed by atoms with van der Waals surface area (Å²) in [6, 6.07) is 10.9. The van der Waals surface area contributed by atoms with Gasteiger partial charge in [-0.3, -0.25) is 0 Å². The lowest BCUT2D eigenvalue weighted by Crippen LogP contribution is -2.07. The number of anilines is 1. The minimum atomic E-state index is -0.113. The van der Waals surface area contributed by atoms with Gasteiger partial charge in [0, 0.05) is 0 Å². The Morgan fingerprint density at radius 3 is 2.46 bits per heavy atom. The van der Waals surface area contributed by atoms with E-state index in [1.165, 1.54) is 14.2 Å². The first kappa shape index (κ1) is 18.3. The fourth-order valence-corrected chi connectivity index (χ4v) is 2.23. The first-order valence-corrected chi connectivity index (χ1v) is 7.35. The van der Waals surface area contributed by atoms with E-state index in [0.717, 1.165) is 0 Å². The van der Waals surface area contributed by atoms with Gasteiger partial charge in [0.2, 0.25) is 0 Å². The molecular formula is C18H14N6O2. The van der Waals surface area contributed by atoms with E-state index in [1.54, 1.807) is 24.3 Å². The summed E-state index contributed by atoms with van der Waals surface area (Å²) in [4.78, 5) is 8.17. The van der Waals surface area contributed by atoms with Gasteiger partial charge in [-0.25, -0.2) is 9.97 Å². The van der Waals surface area contributed by atoms with Crippen molar-refractivity contribution in [1.29, 1.82) is 15.8 Å². The minimum absolute atomic E-state index is 0.0405. The molecule has 1 aromatic heterocycles. The number of nitrogen functional groups attached to an aromatic ring is 1. The molecule has 0 fully saturated rings. The van der Waals surface area contributed by atoms with Gasteiger partial charge in [0.25, 0.3) is 0 Å². The van der Waals surface area contributed by atoms with Crippen molar-refractivity contribution in [2.75, 3.05) is 20.0 Å². The number of nitrogens with two attached hydrogens (primary N) is 1. The van der Waals surface area contributed by atoms with E-state index in [0.29, 0.717) is 17.1 Å². The van der Waals surface area contributed by atoms with E-state index in [4.69, 9.17) is 25.7 Å². The number of nitriles is 3. The van der Waals surface area contributed by atoms with Crippen LogP contribution in [0.3, 0.4) is 0 Å². The summed E-state index contributed by atoms with van der Waals surface area (Å²) in [6.07, 6.45) is 1.44. The minimum Gasteiger partial charge on any atom is -0.493 e. The van der Waals surface area contributed by atoms with Crippen molar-refractivity contribution in [3.63, 3.8) is 0 Å². The van der Waals surface area contributed by atoms with Gasteiger partial charge < -0.3 is 15.2 Å². The molecule has 0 saturated carbocycles. The second kappa shape index (κ2) is 8.14. The molecule has 128 valence electrons. The van der Waals surface area contributed by atoms with Gasteiger partial charge in [-0.05, 0) is 23.8 Å². The number of hydrogen-bond donors (Lipinski definition) is 1. The van der Waals surface area contributed by atoms with E-state index < -0.39 is 0 Å². The molecule has 2 N–H and O–H groups in total. The molecular weight excluding hydrogens is 332 g/mol. The summed E-state index contributed by atoms with van der Waals surface area (Å²) in [5.74, 6) is 1.03. The van der Waals surface area contributed by atoms with Crippen LogP contribution in [0.2, 0.25) is 0 Å². The standard InChI is InChI=1S/C18H14N6O2/c1-25-15-4-3-11(8-16(15)26-2)7-12(9-20)18-23-14(5-6-19)13(10-21)17(22)24-18/h3-4,7-8H,5H2,1-2H3,(H2,22,23,24)/b12-7-. The van der Waals surface area contributed by atoms with Crippen molar-refractivity contribution in [3.8, 4) is 29.7 Å². The summed E-state index contributed by atoms with van der Waals surface area (Å²) < 4.78 is 10.4. The Morgan fingerprint density at radius 2 is 1.88 bits per heavy atom. The molecule has 0 amide bonds. The summed E-state index contributed by atoms with van der Waals surface area (Å²) in [7, 11) is 3.04. The molecule has 26 heavy (non-hydrogen) atoms. The van der Waals surface area contributed by atoms with Gasteiger partial charge in [0.15, 0.2) is 17.3 Å². The number of methoxy groups -OCH3 is 2. The zero-order valence-electron chi connectivity index (χ0n) is 14.1. The van der Waals surface area contributed by atoms with E-state index in [-0.39, 0.29) is 34.9 Å². The molecule has 0 bridgehead atoms. The number of aromatic nitrogens is 2. The van der Waals surface area contributed by atoms with Crippen molar-refractivity contribution in [1.82, 2.24) is 9.97 Å². The third-order valence-electron chi connectivity index (χ3n) is 3.45. The Hall–Kier alpha value is -4.09. The summed E-state index contributed by atoms with van der Waals surface area (Å²) in [5.41, 5.74) is 6.79. The lowest BCUT2D eigenvalue weighted by Gasteiger charge is -2.08. The number of allylic oxidation sites excluding steroid dienone is 1. The molecule has 0 aliphatic rings. The Kier molecular flexibility index (Phi) is 5.71. The zero-order chi connectivity index (χ0) is 19.1. The van der Waals surface area contributed by atoms with Gasteiger partial charge in [-0.1, -0.05) is 6.07 Å². The third kappa shape index (κ3) is 3.69. The average molecular weight is 346 g/mol. The molecule has 2 aromatic rings. The van der Waals surface area contributed by atoms with Crippen molar-refractivity contribution in [2.24, 2.45) is 0 Å². The highest BCUT2D eigenvalue weighted by Crippen LogP contribution is 2.29. The van der Waals surface area contributed by atoms with Crippen LogP contribution >= 0.6 is 0 Å². The SMILES string of the molecule is COc1ccc(/C=C(/C#N)c2nc(N)c(C#N)c(CC#N)n2)cc1OC. The number of rotatable bonds is 5. The van der Waals surface area contributed by atoms with Crippen molar-refractivity contribution in [2.45, 2.75) is 6.42 Å². The first-order valence-electron chi connectivity index (χ1n) is 7.35. The van der Waals surface area contributed by atoms with Crippen LogP contribution in [0.25, 0.3) is 11.6 Å². The predicted octanol–water partition coefficient (Wildman–Crippen LogP) is 2.08. The quantitative estimate of drug-likeness (QED) is 0.811. The topological polar surface area (TPSA) is 142 Å². The van der Waals surface area contributed by atoms with Crippen LogP contribution in [0.5, 0.6) is 11.5 Å². The molecule has 0 aliphatic carbocycles. The molecule has 1 aromatic carbocycles. The van der Waals surface area contributed by atoms with Crippen LogP contribution in [-0.4, -0.2) is 24.2 Å². The highest BCUT2D eigenvalue weighted by atomic mass is 16.5. The Labute approximate surface area is 150 Å². The predicted molar refractivity (Wildman–Crippen MR) is 93.5 cm³/mol. The second-order valence-electron chi connectivity index (χ2n) is 4.99. The van der Waals surface area contributed by atoms with Crippen LogP contribution in [0.1, 0.15) is 22.6 Å². The number of nitrogens with zero attached hydrogens (tertiary/aromatic N) is 5. The lowest BCUT2D eigenvalue weighted by atomic mass is 10.1. The number of ether oxygens (including phenoxy) is 2. The van der Waals surface area contributed by atoms with Gasteiger partial charge in [-0.2, -0.15) is 15.8 Å². The van der Waals surface area contributed by atoms with Crippen molar-refractivity contribution in [3.05, 3.63) is 40.8 Å². The maximum atomic E-state index is 9.48. The van der Waals surface area contributed by atoms with Crippen LogP contribution in [-0.2, 0) is 6.42 Å². The molecule has 2 rings (SSSR count). The molecule has 0 unspecified atom stereocenters. The third-order valence-corrected chi connectivity index (χ3v) is 3.45. The van der Waals surface area contributed by atoms with Gasteiger partial charge in [0.1, 0.15) is 23.5 Å². The van der Waals surface area contributed by atoms with E-state index >= 15 is 0 Å². The van der Waals surface area contributed by atoms with Gasteiger partial charge >= 0.3 is 0 Å². The van der Waals surface area contributed by atoms with Gasteiger partial charge in [0.05, 0.1) is 38.0 Å². The Balaban J connectivity index is 2.56. The number of hydrogen-bond acceptors (Lipinski definition) is 8. The van der Waals surface area contributed by atoms with Gasteiger partial charge in [-0.15, -0.1) is 0 Å². The second-order valence-corrected chi connectivity index (χ2v) is 4.99. The highest BCUT2D eigenvalue weighted by Gasteiger charge is 2.15. The first-order chi connectivity index (χ1) is 12.6. The molecule has 0 aliphatic heterocycles. The molecule has 8 nitrogen and oxygen atoms in total. The Bertz CT molecular complexity index is 992. The van der Waals surface area contributed by atoms with Crippen LogP contribution < -0.4 is 15.2 Å². The van der Waals surface area contributed by atoms with E-state index in [2.05, 4.69) is 9.97 Å². The largest absolute Gasteiger partial charge is 0.493 e. The molecule has 1 heterocycles. The maximum Gasteiger partial charge on any atom is 0.172 e. The van der Waals surface area contributed by atoms with Crippen LogP contribution in [0.4, 0.5) is 5.82 Å². The van der Waals surface area contributed by atoms with Crippen LogP contribution in [0.15, 0.2) is 18.2 Å². The molecule has 0 atom stereocenters. The van der Waals surface area contributed by atoms with Crippen molar-refractivity contribution >= 4 is 17.5 Å². The molecule has 0 saturated heterocycles. The monoisotopic (exact) mass is 346 g/mol. The normalized spacial score (nSPS) is 10.3. The maximum absolute atomic E-state index is 9.48. The fraction of sp³-hybridized carbons (Fsp3) is 0.167. The number of benzene rings is 1. The lowest BCUT2D eigenvalue weighted by molar-refractivity contribution is 0.355. The smallest absolute Gasteiger partial charge is 0.172 e. The molecule has 8 heteroatoms. The van der Waals surface area contributed by atoms with E-state index in [9.17, 15) is 5.26 Å². The van der Waals surface area contributed by atoms with Crippen LogP contribution in [0, 0.1) is 34.0 Å².